The van der Waals surface area contributed by atoms with Crippen molar-refractivity contribution in [2.24, 2.45) is 5.41 Å². The van der Waals surface area contributed by atoms with Crippen LogP contribution in [-0.2, 0) is 9.59 Å². The zero-order valence-corrected chi connectivity index (χ0v) is 12.8. The summed E-state index contributed by atoms with van der Waals surface area (Å²) in [4.78, 5) is 41.9. The van der Waals surface area contributed by atoms with E-state index in [1.807, 2.05) is 11.8 Å². The molecule has 2 aliphatic rings. The molecule has 3 rings (SSSR count). The lowest BCUT2D eigenvalue weighted by Gasteiger charge is -2.43. The van der Waals surface area contributed by atoms with E-state index in [9.17, 15) is 14.4 Å². The first-order chi connectivity index (χ1) is 10.5. The van der Waals surface area contributed by atoms with E-state index < -0.39 is 0 Å². The van der Waals surface area contributed by atoms with Gasteiger partial charge in [0.2, 0.25) is 0 Å². The molecule has 1 saturated carbocycles. The van der Waals surface area contributed by atoms with Gasteiger partial charge in [-0.3, -0.25) is 19.4 Å². The number of pyridine rings is 1. The molecule has 2 fully saturated rings. The van der Waals surface area contributed by atoms with E-state index in [1.165, 1.54) is 0 Å². The van der Waals surface area contributed by atoms with Gasteiger partial charge >= 0.3 is 0 Å². The van der Waals surface area contributed by atoms with Gasteiger partial charge in [-0.2, -0.15) is 0 Å². The van der Waals surface area contributed by atoms with Crippen molar-refractivity contribution < 1.29 is 14.4 Å². The van der Waals surface area contributed by atoms with Crippen molar-refractivity contribution in [3.63, 3.8) is 0 Å². The molecule has 0 aromatic carbocycles. The topological polar surface area (TPSA) is 67.3 Å². The summed E-state index contributed by atoms with van der Waals surface area (Å²) in [7, 11) is 0. The van der Waals surface area contributed by atoms with Crippen LogP contribution in [0.1, 0.15) is 48.2 Å². The third-order valence-corrected chi connectivity index (χ3v) is 4.79. The molecule has 0 radical (unpaired) electrons. The Morgan fingerprint density at radius 2 is 1.82 bits per heavy atom. The van der Waals surface area contributed by atoms with Gasteiger partial charge in [-0.15, -0.1) is 0 Å². The summed E-state index contributed by atoms with van der Waals surface area (Å²) in [5.41, 5.74) is 1.28. The lowest BCUT2D eigenvalue weighted by molar-refractivity contribution is -0.135. The zero-order valence-electron chi connectivity index (χ0n) is 12.8. The third kappa shape index (κ3) is 2.93. The average molecular weight is 300 g/mol. The lowest BCUT2D eigenvalue weighted by atomic mass is 9.67. The first-order valence-electron chi connectivity index (χ1n) is 7.73. The molecule has 0 unspecified atom stereocenters. The molecule has 1 aliphatic heterocycles. The second-order valence-corrected chi connectivity index (χ2v) is 6.59. The Morgan fingerprint density at radius 3 is 2.41 bits per heavy atom. The highest BCUT2D eigenvalue weighted by Crippen LogP contribution is 2.42. The quantitative estimate of drug-likeness (QED) is 0.743. The molecule has 22 heavy (non-hydrogen) atoms. The van der Waals surface area contributed by atoms with Crippen molar-refractivity contribution in [1.29, 1.82) is 0 Å². The molecule has 0 N–H and O–H groups in total. The summed E-state index contributed by atoms with van der Waals surface area (Å²) in [6.07, 6.45) is 4.21. The number of likely N-dealkylation sites (tertiary alicyclic amines) is 1. The molecule has 1 spiro atoms. The van der Waals surface area contributed by atoms with Gasteiger partial charge in [0, 0.05) is 43.4 Å². The van der Waals surface area contributed by atoms with E-state index in [1.54, 1.807) is 18.3 Å². The van der Waals surface area contributed by atoms with E-state index >= 15 is 0 Å². The molecule has 1 amide bonds. The molecule has 116 valence electrons. The van der Waals surface area contributed by atoms with E-state index in [4.69, 9.17) is 0 Å². The number of carbonyl (C=O) groups is 3. The zero-order chi connectivity index (χ0) is 15.7. The van der Waals surface area contributed by atoms with Crippen LogP contribution in [0.3, 0.4) is 0 Å². The van der Waals surface area contributed by atoms with Crippen molar-refractivity contribution in [3.8, 4) is 0 Å². The number of rotatable bonds is 1. The summed E-state index contributed by atoms with van der Waals surface area (Å²) in [5, 5.41) is 0. The van der Waals surface area contributed by atoms with Gasteiger partial charge < -0.3 is 4.90 Å². The fourth-order valence-electron chi connectivity index (χ4n) is 3.64. The molecule has 0 bridgehead atoms. The molecule has 2 heterocycles. The number of aromatic nitrogens is 1. The fourth-order valence-corrected chi connectivity index (χ4v) is 3.64. The van der Waals surface area contributed by atoms with Gasteiger partial charge in [-0.05, 0) is 37.3 Å². The number of aryl methyl sites for hydroxylation is 1. The smallest absolute Gasteiger partial charge is 0.253 e. The van der Waals surface area contributed by atoms with Crippen molar-refractivity contribution in [3.05, 3.63) is 29.6 Å². The Morgan fingerprint density at radius 1 is 1.18 bits per heavy atom. The van der Waals surface area contributed by atoms with Gasteiger partial charge in [-0.1, -0.05) is 0 Å². The summed E-state index contributed by atoms with van der Waals surface area (Å²) >= 11 is 0. The van der Waals surface area contributed by atoms with E-state index in [-0.39, 0.29) is 29.3 Å². The number of hydrogen-bond acceptors (Lipinski definition) is 4. The summed E-state index contributed by atoms with van der Waals surface area (Å²) < 4.78 is 0. The molecule has 1 aromatic rings. The van der Waals surface area contributed by atoms with Gasteiger partial charge in [0.15, 0.2) is 0 Å². The second kappa shape index (κ2) is 5.63. The SMILES string of the molecule is Cc1cc(C(=O)N2CCC3(CC2)CC(=O)CC(=O)C3)ccn1. The van der Waals surface area contributed by atoms with Crippen LogP contribution >= 0.6 is 0 Å². The van der Waals surface area contributed by atoms with Crippen LogP contribution in [0.2, 0.25) is 0 Å². The first-order valence-corrected chi connectivity index (χ1v) is 7.73. The highest BCUT2D eigenvalue weighted by atomic mass is 16.2. The minimum Gasteiger partial charge on any atom is -0.339 e. The van der Waals surface area contributed by atoms with Crippen molar-refractivity contribution in [2.45, 2.75) is 39.0 Å². The molecule has 1 aliphatic carbocycles. The van der Waals surface area contributed by atoms with Crippen LogP contribution in [0.5, 0.6) is 0 Å². The maximum Gasteiger partial charge on any atom is 0.253 e. The molecule has 5 heteroatoms. The Balaban J connectivity index is 1.68. The van der Waals surface area contributed by atoms with Gasteiger partial charge in [0.25, 0.3) is 5.91 Å². The highest BCUT2D eigenvalue weighted by molar-refractivity contribution is 6.02. The number of Topliss-reactive ketones (excluding diaryl/α,β-unsaturated/α-hetero) is 2. The predicted molar refractivity (Wildman–Crippen MR) is 80.4 cm³/mol. The molecule has 1 aromatic heterocycles. The second-order valence-electron chi connectivity index (χ2n) is 6.59. The molecule has 1 saturated heterocycles. The van der Waals surface area contributed by atoms with Crippen LogP contribution in [-0.4, -0.2) is 40.4 Å². The molecule has 5 nitrogen and oxygen atoms in total. The average Bonchev–Trinajstić information content (AvgIpc) is 2.46. The number of carbonyl (C=O) groups excluding carboxylic acids is 3. The molecule has 0 atom stereocenters. The predicted octanol–water partition coefficient (Wildman–Crippen LogP) is 1.93. The van der Waals surface area contributed by atoms with Gasteiger partial charge in [-0.25, -0.2) is 0 Å². The Kier molecular flexibility index (Phi) is 3.81. The van der Waals surface area contributed by atoms with E-state index in [0.29, 0.717) is 31.5 Å². The van der Waals surface area contributed by atoms with Gasteiger partial charge in [0.1, 0.15) is 11.6 Å². The monoisotopic (exact) mass is 300 g/mol. The number of hydrogen-bond donors (Lipinski definition) is 0. The number of piperidine rings is 1. The minimum atomic E-state index is -0.197. The Labute approximate surface area is 129 Å². The lowest BCUT2D eigenvalue weighted by Crippen LogP contribution is -2.46. The normalized spacial score (nSPS) is 21.2. The number of ketones is 2. The Hall–Kier alpha value is -2.04. The summed E-state index contributed by atoms with van der Waals surface area (Å²) in [6.45, 7) is 3.09. The third-order valence-electron chi connectivity index (χ3n) is 4.79. The maximum atomic E-state index is 12.5. The Bertz CT molecular complexity index is 613. The van der Waals surface area contributed by atoms with Crippen molar-refractivity contribution in [1.82, 2.24) is 9.88 Å². The minimum absolute atomic E-state index is 0.00816. The van der Waals surface area contributed by atoms with Crippen LogP contribution in [0.4, 0.5) is 0 Å². The van der Waals surface area contributed by atoms with E-state index in [0.717, 1.165) is 18.5 Å². The highest BCUT2D eigenvalue weighted by Gasteiger charge is 2.42. The summed E-state index contributed by atoms with van der Waals surface area (Å²) in [5.74, 6) is 0.121. The largest absolute Gasteiger partial charge is 0.339 e. The van der Waals surface area contributed by atoms with Crippen LogP contribution in [0.25, 0.3) is 0 Å². The first kappa shape index (κ1) is 14.9. The van der Waals surface area contributed by atoms with Gasteiger partial charge in [0.05, 0.1) is 6.42 Å². The number of nitrogens with zero attached hydrogens (tertiary/aromatic N) is 2. The summed E-state index contributed by atoms with van der Waals surface area (Å²) in [6, 6.07) is 3.52. The van der Waals surface area contributed by atoms with Crippen molar-refractivity contribution in [2.75, 3.05) is 13.1 Å². The standard InChI is InChI=1S/C17H20N2O3/c1-12-8-13(2-5-18-12)16(22)19-6-3-17(4-7-19)10-14(20)9-15(21)11-17/h2,5,8H,3-4,6-7,9-11H2,1H3. The van der Waals surface area contributed by atoms with Crippen LogP contribution in [0, 0.1) is 12.3 Å². The molecular weight excluding hydrogens is 280 g/mol. The van der Waals surface area contributed by atoms with Crippen LogP contribution in [0.15, 0.2) is 18.3 Å². The fraction of sp³-hybridized carbons (Fsp3) is 0.529. The number of amides is 1. The van der Waals surface area contributed by atoms with Crippen molar-refractivity contribution >= 4 is 17.5 Å². The maximum absolute atomic E-state index is 12.5. The van der Waals surface area contributed by atoms with E-state index in [2.05, 4.69) is 4.98 Å². The van der Waals surface area contributed by atoms with Crippen LogP contribution < -0.4 is 0 Å². The molecular formula is C17H20N2O3.